The number of aromatic hydroxyl groups is 1. The highest BCUT2D eigenvalue weighted by molar-refractivity contribution is 6.01. The minimum absolute atomic E-state index is 0.0376. The first-order valence-electron chi connectivity index (χ1n) is 25.0. The Balaban J connectivity index is 1.23. The predicted molar refractivity (Wildman–Crippen MR) is 270 cm³/mol. The average molecular weight is 957 g/mol. The Morgan fingerprint density at radius 2 is 1.77 bits per heavy atom. The lowest BCUT2D eigenvalue weighted by Crippen LogP contribution is -2.58. The third kappa shape index (κ3) is 9.92. The molecule has 3 amide bonds. The quantitative estimate of drug-likeness (QED) is 0.111. The SMILES string of the molecule is C=CC(=O)N1CC[C@H](C(=O)N(C)[C@H](C(=O)C2CC23Cc2cc(O)cc(c2)-c2ccc4c(c2)c(c(-c2ccc(COC)cc2CN(C)C)n4CC)CC(C)(C)COC(=O)[C@@H]2CCCN(N2)C3=O)C(C)C)C1. The van der Waals surface area contributed by atoms with Crippen LogP contribution in [0.5, 0.6) is 5.75 Å². The second-order valence-corrected chi connectivity index (χ2v) is 21.7. The number of cyclic esters (lactones) is 1. The summed E-state index contributed by atoms with van der Waals surface area (Å²) in [5.74, 6) is -2.84. The van der Waals surface area contributed by atoms with Crippen LogP contribution < -0.4 is 5.43 Å². The maximum Gasteiger partial charge on any atom is 0.324 e. The van der Waals surface area contributed by atoms with Gasteiger partial charge in [0.05, 0.1) is 36.3 Å². The van der Waals surface area contributed by atoms with Gasteiger partial charge in [-0.1, -0.05) is 64.6 Å². The highest BCUT2D eigenvalue weighted by Crippen LogP contribution is 2.58. The van der Waals surface area contributed by atoms with Crippen molar-refractivity contribution >= 4 is 40.4 Å². The summed E-state index contributed by atoms with van der Waals surface area (Å²) >= 11 is 0. The Morgan fingerprint density at radius 3 is 2.47 bits per heavy atom. The maximum atomic E-state index is 15.2. The number of rotatable bonds is 12. The fraction of sp³-hybridized carbons (Fsp3) is 0.518. The second-order valence-electron chi connectivity index (χ2n) is 21.7. The molecule has 3 aliphatic heterocycles. The van der Waals surface area contributed by atoms with Gasteiger partial charge < -0.3 is 33.8 Å². The molecule has 1 aliphatic carbocycles. The molecular formula is C56H72N6O8. The van der Waals surface area contributed by atoms with E-state index in [4.69, 9.17) is 9.47 Å². The molecule has 3 aromatic carbocycles. The monoisotopic (exact) mass is 957 g/mol. The van der Waals surface area contributed by atoms with Crippen LogP contribution in [0.1, 0.15) is 82.6 Å². The summed E-state index contributed by atoms with van der Waals surface area (Å²) in [6.45, 7) is 16.9. The molecule has 5 atom stereocenters. The van der Waals surface area contributed by atoms with Gasteiger partial charge in [0, 0.05) is 74.7 Å². The number of aryl methyl sites for hydroxylation is 1. The fourth-order valence-corrected chi connectivity index (χ4v) is 11.7. The van der Waals surface area contributed by atoms with Gasteiger partial charge in [0.15, 0.2) is 5.78 Å². The number of hydrazine groups is 1. The summed E-state index contributed by atoms with van der Waals surface area (Å²) in [4.78, 5) is 76.1. The summed E-state index contributed by atoms with van der Waals surface area (Å²) in [5.41, 5.74) is 10.5. The van der Waals surface area contributed by atoms with E-state index in [2.05, 4.69) is 92.7 Å². The molecule has 14 nitrogen and oxygen atoms in total. The molecule has 4 aliphatic rings. The molecule has 1 saturated carbocycles. The zero-order valence-corrected chi connectivity index (χ0v) is 42.6. The Morgan fingerprint density at radius 1 is 1.00 bits per heavy atom. The Kier molecular flexibility index (Phi) is 14.5. The molecular weight excluding hydrogens is 885 g/mol. The third-order valence-corrected chi connectivity index (χ3v) is 15.1. The number of hydrogen-bond donors (Lipinski definition) is 2. The highest BCUT2D eigenvalue weighted by atomic mass is 16.5. The van der Waals surface area contributed by atoms with Crippen molar-refractivity contribution in [2.75, 3.05) is 54.5 Å². The van der Waals surface area contributed by atoms with Crippen molar-refractivity contribution in [2.24, 2.45) is 28.6 Å². The number of nitrogens with zero attached hydrogens (tertiary/aromatic N) is 5. The Hall–Kier alpha value is -5.83. The van der Waals surface area contributed by atoms with E-state index in [1.54, 1.807) is 31.2 Å². The van der Waals surface area contributed by atoms with Gasteiger partial charge in [-0.25, -0.2) is 5.43 Å². The van der Waals surface area contributed by atoms with Crippen LogP contribution in [0, 0.1) is 28.6 Å². The van der Waals surface area contributed by atoms with E-state index in [0.29, 0.717) is 64.0 Å². The van der Waals surface area contributed by atoms with E-state index in [0.717, 1.165) is 44.4 Å². The Bertz CT molecular complexity index is 2700. The van der Waals surface area contributed by atoms with E-state index < -0.39 is 40.7 Å². The van der Waals surface area contributed by atoms with Crippen LogP contribution in [0.15, 0.2) is 67.3 Å². The molecule has 6 bridgehead atoms. The number of phenols is 1. The van der Waals surface area contributed by atoms with E-state index in [-0.39, 0.29) is 61.2 Å². The first kappa shape index (κ1) is 50.6. The van der Waals surface area contributed by atoms with Gasteiger partial charge in [0.1, 0.15) is 11.8 Å². The number of likely N-dealkylation sites (N-methyl/N-ethyl adjacent to an activating group) is 1. The van der Waals surface area contributed by atoms with Gasteiger partial charge in [0.25, 0.3) is 0 Å². The molecule has 2 N–H and O–H groups in total. The van der Waals surface area contributed by atoms with Crippen molar-refractivity contribution in [1.29, 1.82) is 0 Å². The van der Waals surface area contributed by atoms with Gasteiger partial charge in [-0.3, -0.25) is 29.0 Å². The lowest BCUT2D eigenvalue weighted by molar-refractivity contribution is -0.156. The largest absolute Gasteiger partial charge is 0.508 e. The molecule has 2 saturated heterocycles. The van der Waals surface area contributed by atoms with E-state index in [9.17, 15) is 19.5 Å². The number of methoxy groups -OCH3 is 1. The number of amides is 3. The normalized spacial score (nSPS) is 22.9. The second kappa shape index (κ2) is 20.1. The fourth-order valence-electron chi connectivity index (χ4n) is 11.7. The van der Waals surface area contributed by atoms with E-state index in [1.165, 1.54) is 21.5 Å². The molecule has 1 aromatic heterocycles. The molecule has 70 heavy (non-hydrogen) atoms. The van der Waals surface area contributed by atoms with Gasteiger partial charge in [-0.05, 0) is 129 Å². The standard InChI is InChI=1S/C56H72N6O8/c1-11-48(64)60-21-19-38(31-60)52(66)59(9)49(34(3)4)51(65)45-29-56(45)27-36-23-39(25-41(63)24-36)37-16-18-47-43(26-37)44(28-55(5,6)33-70-53(67)46-14-13-20-62(57-46)54(56)68)50(61(47)12-2)42-17-15-35(32-69-10)22-40(42)30-58(7)8/h11,15-18,22-26,34,38,45-46,49,57,63H,1,12-14,19-21,27-33H2,2-10H3/t38-,45?,46-,49-,56?/m0/s1. The number of carbonyl (C=O) groups excluding carboxylic acids is 5. The van der Waals surface area contributed by atoms with Crippen molar-refractivity contribution < 1.29 is 38.6 Å². The number of carbonyl (C=O) groups is 5. The van der Waals surface area contributed by atoms with Crippen LogP contribution in [0.2, 0.25) is 0 Å². The predicted octanol–water partition coefficient (Wildman–Crippen LogP) is 7.17. The molecule has 4 aromatic rings. The van der Waals surface area contributed by atoms with Crippen molar-refractivity contribution in [1.82, 2.24) is 29.7 Å². The maximum absolute atomic E-state index is 15.2. The van der Waals surface area contributed by atoms with E-state index >= 15 is 9.59 Å². The van der Waals surface area contributed by atoms with Crippen LogP contribution in [0.25, 0.3) is 33.3 Å². The van der Waals surface area contributed by atoms with Crippen LogP contribution in [-0.4, -0.2) is 125 Å². The number of fused-ring (bicyclic) bond motifs is 6. The third-order valence-electron chi connectivity index (χ3n) is 15.1. The molecule has 1 spiro atoms. The van der Waals surface area contributed by atoms with Crippen molar-refractivity contribution in [3.05, 3.63) is 89.5 Å². The van der Waals surface area contributed by atoms with E-state index in [1.807, 2.05) is 19.9 Å². The summed E-state index contributed by atoms with van der Waals surface area (Å²) in [6.07, 6.45) is 3.71. The van der Waals surface area contributed by atoms with Crippen molar-refractivity contribution in [2.45, 2.75) is 105 Å². The van der Waals surface area contributed by atoms with Crippen molar-refractivity contribution in [3.8, 4) is 28.1 Å². The van der Waals surface area contributed by atoms with Crippen LogP contribution in [0.4, 0.5) is 0 Å². The number of ketones is 1. The molecule has 14 heteroatoms. The zero-order valence-electron chi connectivity index (χ0n) is 42.6. The smallest absolute Gasteiger partial charge is 0.324 e. The van der Waals surface area contributed by atoms with Gasteiger partial charge in [-0.15, -0.1) is 0 Å². The number of ether oxygens (including phenoxy) is 2. The lowest BCUT2D eigenvalue weighted by atomic mass is 9.83. The minimum atomic E-state index is -1.22. The van der Waals surface area contributed by atoms with Gasteiger partial charge >= 0.3 is 5.97 Å². The first-order chi connectivity index (χ1) is 33.3. The minimum Gasteiger partial charge on any atom is -0.508 e. The Labute approximate surface area is 412 Å². The van der Waals surface area contributed by atoms with Gasteiger partial charge in [-0.2, -0.15) is 0 Å². The summed E-state index contributed by atoms with van der Waals surface area (Å²) in [6, 6.07) is 16.8. The molecule has 3 fully saturated rings. The van der Waals surface area contributed by atoms with Crippen molar-refractivity contribution in [3.63, 3.8) is 0 Å². The lowest BCUT2D eigenvalue weighted by Gasteiger charge is -2.36. The number of Topliss-reactive ketones (excluding diaryl/α,β-unsaturated/α-hetero) is 1. The number of benzene rings is 3. The number of likely N-dealkylation sites (tertiary alicyclic amines) is 1. The van der Waals surface area contributed by atoms with Crippen LogP contribution >= 0.6 is 0 Å². The number of phenolic OH excluding ortho intramolecular Hbond substituents is 1. The molecule has 2 unspecified atom stereocenters. The number of aromatic nitrogens is 1. The number of esters is 1. The summed E-state index contributed by atoms with van der Waals surface area (Å²) in [5, 5.41) is 14.1. The zero-order chi connectivity index (χ0) is 50.4. The van der Waals surface area contributed by atoms with Gasteiger partial charge in [0.2, 0.25) is 17.7 Å². The molecule has 4 heterocycles. The first-order valence-corrected chi connectivity index (χ1v) is 25.0. The topological polar surface area (TPSA) is 154 Å². The molecule has 8 rings (SSSR count). The molecule has 374 valence electrons. The highest BCUT2D eigenvalue weighted by Gasteiger charge is 2.66. The van der Waals surface area contributed by atoms with Crippen LogP contribution in [0.3, 0.4) is 0 Å². The summed E-state index contributed by atoms with van der Waals surface area (Å²) in [7, 11) is 7.49. The number of hydrogen-bond acceptors (Lipinski definition) is 10. The average Bonchev–Trinajstić information content (AvgIpc) is 3.68. The number of nitrogens with one attached hydrogen (secondary N) is 1. The molecule has 0 radical (unpaired) electrons. The van der Waals surface area contributed by atoms with Crippen LogP contribution in [-0.2, 0) is 66.0 Å². The summed E-state index contributed by atoms with van der Waals surface area (Å²) < 4.78 is 14.1.